The van der Waals surface area contributed by atoms with Crippen LogP contribution >= 0.6 is 11.6 Å². The lowest BCUT2D eigenvalue weighted by Crippen LogP contribution is -2.24. The van der Waals surface area contributed by atoms with Gasteiger partial charge in [-0.15, -0.1) is 0 Å². The number of hydrogen-bond donors (Lipinski definition) is 1. The summed E-state index contributed by atoms with van der Waals surface area (Å²) in [5.41, 5.74) is 1.63. The van der Waals surface area contributed by atoms with Crippen molar-refractivity contribution in [3.8, 4) is 0 Å². The number of aromatic nitrogens is 2. The van der Waals surface area contributed by atoms with Gasteiger partial charge in [0.25, 0.3) is 0 Å². The Balaban J connectivity index is 1.50. The van der Waals surface area contributed by atoms with Gasteiger partial charge in [-0.25, -0.2) is 8.78 Å². The largest absolute Gasteiger partial charge is 0.392 e. The van der Waals surface area contributed by atoms with Gasteiger partial charge in [-0.05, 0) is 41.8 Å². The van der Waals surface area contributed by atoms with Crippen LogP contribution in [-0.2, 0) is 13.0 Å². The smallest absolute Gasteiger partial charge is 0.244 e. The normalized spacial score (nSPS) is 20.0. The fourth-order valence-electron chi connectivity index (χ4n) is 3.45. The van der Waals surface area contributed by atoms with E-state index in [1.807, 2.05) is 4.90 Å². The highest BCUT2D eigenvalue weighted by Gasteiger charge is 2.35. The van der Waals surface area contributed by atoms with Crippen molar-refractivity contribution in [3.63, 3.8) is 0 Å². The highest BCUT2D eigenvalue weighted by Crippen LogP contribution is 2.33. The standard InChI is InChI=1S/C20H18ClF2N3O2/c21-17-8-15(23)6-3-13(17)7-19-24-20(28-25-19)18-9-16(27)11-26(18)10-12-1-4-14(22)5-2-12/h1-6,8,16,18,27H,7,9-11H2/t16-,18+/m1/s1. The van der Waals surface area contributed by atoms with Gasteiger partial charge in [-0.2, -0.15) is 4.98 Å². The van der Waals surface area contributed by atoms with E-state index in [0.717, 1.165) is 5.56 Å². The summed E-state index contributed by atoms with van der Waals surface area (Å²) in [5.74, 6) is 0.153. The van der Waals surface area contributed by atoms with Crippen LogP contribution in [0.2, 0.25) is 5.02 Å². The van der Waals surface area contributed by atoms with Crippen LogP contribution in [-0.4, -0.2) is 32.8 Å². The topological polar surface area (TPSA) is 62.4 Å². The second kappa shape index (κ2) is 7.95. The summed E-state index contributed by atoms with van der Waals surface area (Å²) in [6.07, 6.45) is 0.281. The second-order valence-corrected chi connectivity index (χ2v) is 7.33. The van der Waals surface area contributed by atoms with Gasteiger partial charge < -0.3 is 9.63 Å². The quantitative estimate of drug-likeness (QED) is 0.697. The zero-order valence-corrected chi connectivity index (χ0v) is 15.6. The molecule has 1 saturated heterocycles. The molecule has 1 fully saturated rings. The van der Waals surface area contributed by atoms with E-state index in [1.165, 1.54) is 24.3 Å². The first-order chi connectivity index (χ1) is 13.5. The molecule has 1 aliphatic heterocycles. The number of halogens is 3. The summed E-state index contributed by atoms with van der Waals surface area (Å²) >= 11 is 6.06. The number of likely N-dealkylation sites (tertiary alicyclic amines) is 1. The molecule has 0 unspecified atom stereocenters. The summed E-state index contributed by atoms with van der Waals surface area (Å²) in [6, 6.07) is 10.2. The highest BCUT2D eigenvalue weighted by atomic mass is 35.5. The Morgan fingerprint density at radius 3 is 2.64 bits per heavy atom. The molecule has 0 bridgehead atoms. The molecular weight excluding hydrogens is 388 g/mol. The van der Waals surface area contributed by atoms with Gasteiger partial charge in [0.15, 0.2) is 5.82 Å². The number of hydrogen-bond acceptors (Lipinski definition) is 5. The molecular formula is C20H18ClF2N3O2. The predicted molar refractivity (Wildman–Crippen MR) is 98.7 cm³/mol. The van der Waals surface area contributed by atoms with E-state index in [4.69, 9.17) is 16.1 Å². The Morgan fingerprint density at radius 1 is 1.14 bits per heavy atom. The first-order valence-electron chi connectivity index (χ1n) is 8.91. The van der Waals surface area contributed by atoms with E-state index in [0.29, 0.717) is 48.2 Å². The number of aliphatic hydroxyl groups excluding tert-OH is 1. The minimum Gasteiger partial charge on any atom is -0.392 e. The summed E-state index contributed by atoms with van der Waals surface area (Å²) < 4.78 is 31.7. The molecule has 8 heteroatoms. The molecule has 146 valence electrons. The Kier molecular flexibility index (Phi) is 5.39. The maximum absolute atomic E-state index is 13.2. The van der Waals surface area contributed by atoms with Gasteiger partial charge in [-0.1, -0.05) is 35.0 Å². The van der Waals surface area contributed by atoms with Crippen molar-refractivity contribution in [1.82, 2.24) is 15.0 Å². The number of β-amino-alcohol motifs (C(OH)–C–C–N with tert-alkyl or cyclic N) is 1. The van der Waals surface area contributed by atoms with Crippen molar-refractivity contribution in [2.24, 2.45) is 0 Å². The van der Waals surface area contributed by atoms with Crippen LogP contribution < -0.4 is 0 Å². The van der Waals surface area contributed by atoms with Crippen LogP contribution in [0.5, 0.6) is 0 Å². The van der Waals surface area contributed by atoms with Crippen molar-refractivity contribution in [2.45, 2.75) is 31.5 Å². The van der Waals surface area contributed by atoms with Crippen LogP contribution in [0.15, 0.2) is 47.0 Å². The minimum absolute atomic E-state index is 0.231. The van der Waals surface area contributed by atoms with E-state index in [1.54, 1.807) is 18.2 Å². The Bertz CT molecular complexity index is 964. The fourth-order valence-corrected chi connectivity index (χ4v) is 3.68. The third-order valence-electron chi connectivity index (χ3n) is 4.81. The van der Waals surface area contributed by atoms with Crippen LogP contribution in [0.3, 0.4) is 0 Å². The molecule has 2 atom stereocenters. The maximum Gasteiger partial charge on any atom is 0.244 e. The van der Waals surface area contributed by atoms with E-state index in [-0.39, 0.29) is 11.9 Å². The van der Waals surface area contributed by atoms with Gasteiger partial charge in [-0.3, -0.25) is 4.90 Å². The molecule has 1 N–H and O–H groups in total. The van der Waals surface area contributed by atoms with Gasteiger partial charge >= 0.3 is 0 Å². The molecule has 0 amide bonds. The first kappa shape index (κ1) is 19.0. The molecule has 3 aromatic rings. The van der Waals surface area contributed by atoms with Gasteiger partial charge in [0, 0.05) is 24.5 Å². The lowest BCUT2D eigenvalue weighted by molar-refractivity contribution is 0.169. The van der Waals surface area contributed by atoms with E-state index >= 15 is 0 Å². The fraction of sp³-hybridized carbons (Fsp3) is 0.300. The van der Waals surface area contributed by atoms with Gasteiger partial charge in [0.2, 0.25) is 5.89 Å². The molecule has 4 rings (SSSR count). The maximum atomic E-state index is 13.2. The third kappa shape index (κ3) is 4.22. The van der Waals surface area contributed by atoms with Gasteiger partial charge in [0.1, 0.15) is 11.6 Å². The lowest BCUT2D eigenvalue weighted by Gasteiger charge is -2.21. The average Bonchev–Trinajstić information content (AvgIpc) is 3.26. The molecule has 28 heavy (non-hydrogen) atoms. The summed E-state index contributed by atoms with van der Waals surface area (Å²) in [5, 5.41) is 14.4. The predicted octanol–water partition coefficient (Wildman–Crippen LogP) is 3.90. The highest BCUT2D eigenvalue weighted by molar-refractivity contribution is 6.31. The SMILES string of the molecule is O[C@@H]1C[C@@H](c2nc(Cc3ccc(F)cc3Cl)no2)N(Cc2ccc(F)cc2)C1. The van der Waals surface area contributed by atoms with Crippen molar-refractivity contribution in [3.05, 3.63) is 82.0 Å². The molecule has 0 saturated carbocycles. The van der Waals surface area contributed by atoms with Crippen molar-refractivity contribution >= 4 is 11.6 Å². The summed E-state index contributed by atoms with van der Waals surface area (Å²) in [7, 11) is 0. The van der Waals surface area contributed by atoms with Gasteiger partial charge in [0.05, 0.1) is 12.1 Å². The van der Waals surface area contributed by atoms with Crippen LogP contribution in [0.25, 0.3) is 0 Å². The molecule has 5 nitrogen and oxygen atoms in total. The molecule has 2 aromatic carbocycles. The van der Waals surface area contributed by atoms with E-state index in [2.05, 4.69) is 10.1 Å². The lowest BCUT2D eigenvalue weighted by atomic mass is 10.1. The zero-order chi connectivity index (χ0) is 19.7. The van der Waals surface area contributed by atoms with Crippen molar-refractivity contribution < 1.29 is 18.4 Å². The number of benzene rings is 2. The Hall–Kier alpha value is -2.35. The van der Waals surface area contributed by atoms with Crippen molar-refractivity contribution in [1.29, 1.82) is 0 Å². The molecule has 1 aromatic heterocycles. The molecule has 1 aliphatic rings. The van der Waals surface area contributed by atoms with E-state index in [9.17, 15) is 13.9 Å². The molecule has 0 aliphatic carbocycles. The molecule has 2 heterocycles. The second-order valence-electron chi connectivity index (χ2n) is 6.92. The van der Waals surface area contributed by atoms with Crippen LogP contribution in [0.4, 0.5) is 8.78 Å². The Labute approximate surface area is 165 Å². The number of aliphatic hydroxyl groups is 1. The zero-order valence-electron chi connectivity index (χ0n) is 14.9. The summed E-state index contributed by atoms with van der Waals surface area (Å²) in [6.45, 7) is 0.993. The van der Waals surface area contributed by atoms with Crippen molar-refractivity contribution in [2.75, 3.05) is 6.54 Å². The number of nitrogens with zero attached hydrogens (tertiary/aromatic N) is 3. The number of rotatable bonds is 5. The monoisotopic (exact) mass is 405 g/mol. The van der Waals surface area contributed by atoms with E-state index < -0.39 is 11.9 Å². The first-order valence-corrected chi connectivity index (χ1v) is 9.28. The Morgan fingerprint density at radius 2 is 1.89 bits per heavy atom. The summed E-state index contributed by atoms with van der Waals surface area (Å²) in [4.78, 5) is 6.48. The third-order valence-corrected chi connectivity index (χ3v) is 5.16. The molecule has 0 spiro atoms. The minimum atomic E-state index is -0.507. The van der Waals surface area contributed by atoms with Crippen LogP contribution in [0.1, 0.15) is 35.3 Å². The average molecular weight is 406 g/mol. The van der Waals surface area contributed by atoms with Crippen LogP contribution in [0, 0.1) is 11.6 Å². The molecule has 0 radical (unpaired) electrons.